The molecular weight excluding hydrogens is 286 g/mol. The molecule has 6 heteroatoms. The van der Waals surface area contributed by atoms with Crippen LogP contribution in [0.5, 0.6) is 0 Å². The van der Waals surface area contributed by atoms with Gasteiger partial charge in [0.05, 0.1) is 10.5 Å². The van der Waals surface area contributed by atoms with Crippen LogP contribution in [-0.4, -0.2) is 22.3 Å². The first-order valence-corrected chi connectivity index (χ1v) is 7.23. The minimum absolute atomic E-state index is 0.0638. The summed E-state index contributed by atoms with van der Waals surface area (Å²) in [6.07, 6.45) is 0.436. The van der Waals surface area contributed by atoms with Crippen LogP contribution >= 0.6 is 12.6 Å². The predicted octanol–water partition coefficient (Wildman–Crippen LogP) is 2.19. The highest BCUT2D eigenvalue weighted by Gasteiger charge is 2.23. The maximum Gasteiger partial charge on any atom is 0.240 e. The fraction of sp³-hybridized carbons (Fsp3) is 0.400. The van der Waals surface area contributed by atoms with E-state index in [2.05, 4.69) is 28.5 Å². The van der Waals surface area contributed by atoms with Gasteiger partial charge in [-0.2, -0.15) is 17.7 Å². The average Bonchev–Trinajstić information content (AvgIpc) is 2.39. The van der Waals surface area contributed by atoms with E-state index < -0.39 is 4.75 Å². The standard InChI is InChI=1S/C15H19N3O2S/c1-9-8-12(19)17-18-13(9)10-4-6-11(7-5-10)16-14(20)15(2,3)21/h4-7,9,21H,8H2,1-3H3,(H,16,20)(H,17,19). The lowest BCUT2D eigenvalue weighted by Crippen LogP contribution is -2.32. The number of hydrogen-bond donors (Lipinski definition) is 3. The highest BCUT2D eigenvalue weighted by molar-refractivity contribution is 7.82. The number of carbonyl (C=O) groups excluding carboxylic acids is 2. The van der Waals surface area contributed by atoms with Crippen molar-refractivity contribution in [2.75, 3.05) is 5.32 Å². The quantitative estimate of drug-likeness (QED) is 0.749. The molecule has 1 unspecified atom stereocenters. The molecule has 5 nitrogen and oxygen atoms in total. The fourth-order valence-corrected chi connectivity index (χ4v) is 2.07. The Kier molecular flexibility index (Phi) is 4.37. The monoisotopic (exact) mass is 305 g/mol. The van der Waals surface area contributed by atoms with E-state index in [1.807, 2.05) is 31.2 Å². The lowest BCUT2D eigenvalue weighted by molar-refractivity contribution is -0.122. The van der Waals surface area contributed by atoms with Crippen molar-refractivity contribution >= 4 is 35.8 Å². The molecule has 0 aliphatic carbocycles. The van der Waals surface area contributed by atoms with Crippen molar-refractivity contribution in [2.24, 2.45) is 11.0 Å². The smallest absolute Gasteiger partial charge is 0.240 e. The second kappa shape index (κ2) is 5.89. The highest BCUT2D eigenvalue weighted by Crippen LogP contribution is 2.20. The largest absolute Gasteiger partial charge is 0.325 e. The molecule has 2 rings (SSSR count). The van der Waals surface area contributed by atoms with Crippen LogP contribution in [0.3, 0.4) is 0 Å². The Labute approximate surface area is 129 Å². The second-order valence-corrected chi connectivity index (χ2v) is 6.85. The van der Waals surface area contributed by atoms with Gasteiger partial charge in [-0.25, -0.2) is 5.43 Å². The molecule has 0 aromatic heterocycles. The zero-order valence-electron chi connectivity index (χ0n) is 12.3. The Morgan fingerprint density at radius 3 is 2.52 bits per heavy atom. The number of amides is 2. The van der Waals surface area contributed by atoms with Crippen LogP contribution in [0.2, 0.25) is 0 Å². The zero-order valence-corrected chi connectivity index (χ0v) is 13.2. The Balaban J connectivity index is 2.13. The SMILES string of the molecule is CC1CC(=O)NN=C1c1ccc(NC(=O)C(C)(C)S)cc1. The number of carbonyl (C=O) groups is 2. The molecule has 1 aromatic carbocycles. The van der Waals surface area contributed by atoms with Gasteiger partial charge in [-0.05, 0) is 31.5 Å². The van der Waals surface area contributed by atoms with Crippen molar-refractivity contribution in [3.63, 3.8) is 0 Å². The minimum Gasteiger partial charge on any atom is -0.325 e. The van der Waals surface area contributed by atoms with Crippen LogP contribution in [-0.2, 0) is 9.59 Å². The lowest BCUT2D eigenvalue weighted by Gasteiger charge is -2.20. The van der Waals surface area contributed by atoms with Crippen molar-refractivity contribution in [1.29, 1.82) is 0 Å². The van der Waals surface area contributed by atoms with Crippen molar-refractivity contribution in [3.8, 4) is 0 Å². The van der Waals surface area contributed by atoms with E-state index in [9.17, 15) is 9.59 Å². The Hall–Kier alpha value is -1.82. The topological polar surface area (TPSA) is 70.6 Å². The Morgan fingerprint density at radius 1 is 1.38 bits per heavy atom. The molecule has 1 aromatic rings. The lowest BCUT2D eigenvalue weighted by atomic mass is 9.94. The maximum atomic E-state index is 11.9. The van der Waals surface area contributed by atoms with Gasteiger partial charge in [0.1, 0.15) is 0 Å². The Morgan fingerprint density at radius 2 is 2.00 bits per heavy atom. The third kappa shape index (κ3) is 3.85. The zero-order chi connectivity index (χ0) is 15.6. The van der Waals surface area contributed by atoms with Crippen molar-refractivity contribution in [2.45, 2.75) is 31.9 Å². The first kappa shape index (κ1) is 15.6. The van der Waals surface area contributed by atoms with Crippen LogP contribution in [0.25, 0.3) is 0 Å². The van der Waals surface area contributed by atoms with Crippen LogP contribution in [0.15, 0.2) is 29.4 Å². The molecular formula is C15H19N3O2S. The summed E-state index contributed by atoms with van der Waals surface area (Å²) < 4.78 is -0.731. The molecule has 0 bridgehead atoms. The third-order valence-electron chi connectivity index (χ3n) is 3.25. The van der Waals surface area contributed by atoms with Crippen LogP contribution in [0.4, 0.5) is 5.69 Å². The van der Waals surface area contributed by atoms with Gasteiger partial charge < -0.3 is 5.32 Å². The van der Waals surface area contributed by atoms with E-state index in [1.165, 1.54) is 0 Å². The van der Waals surface area contributed by atoms with Gasteiger partial charge in [-0.3, -0.25) is 9.59 Å². The van der Waals surface area contributed by atoms with Crippen molar-refractivity contribution in [1.82, 2.24) is 5.43 Å². The van der Waals surface area contributed by atoms with Crippen molar-refractivity contribution < 1.29 is 9.59 Å². The van der Waals surface area contributed by atoms with E-state index in [0.717, 1.165) is 11.3 Å². The van der Waals surface area contributed by atoms with E-state index in [1.54, 1.807) is 13.8 Å². The summed E-state index contributed by atoms with van der Waals surface area (Å²) in [7, 11) is 0. The first-order chi connectivity index (χ1) is 9.77. The number of thiol groups is 1. The van der Waals surface area contributed by atoms with E-state index >= 15 is 0 Å². The number of benzene rings is 1. The molecule has 2 N–H and O–H groups in total. The van der Waals surface area contributed by atoms with Crippen molar-refractivity contribution in [3.05, 3.63) is 29.8 Å². The summed E-state index contributed by atoms with van der Waals surface area (Å²) >= 11 is 4.23. The van der Waals surface area contributed by atoms with Gasteiger partial charge in [0, 0.05) is 18.0 Å². The predicted molar refractivity (Wildman–Crippen MR) is 86.6 cm³/mol. The van der Waals surface area contributed by atoms with Gasteiger partial charge in [-0.15, -0.1) is 0 Å². The van der Waals surface area contributed by atoms with Gasteiger partial charge in [0.25, 0.3) is 0 Å². The van der Waals surface area contributed by atoms with Crippen LogP contribution < -0.4 is 10.7 Å². The number of nitrogens with one attached hydrogen (secondary N) is 2. The molecule has 2 amide bonds. The molecule has 1 aliphatic rings. The van der Waals surface area contributed by atoms with E-state index in [-0.39, 0.29) is 17.7 Å². The first-order valence-electron chi connectivity index (χ1n) is 6.78. The molecule has 1 aliphatic heterocycles. The molecule has 21 heavy (non-hydrogen) atoms. The highest BCUT2D eigenvalue weighted by atomic mass is 32.1. The van der Waals surface area contributed by atoms with Gasteiger partial charge in [0.15, 0.2) is 0 Å². The molecule has 112 valence electrons. The van der Waals surface area contributed by atoms with Crippen LogP contribution in [0.1, 0.15) is 32.8 Å². The molecule has 0 spiro atoms. The second-order valence-electron chi connectivity index (χ2n) is 5.73. The summed E-state index contributed by atoms with van der Waals surface area (Å²) in [6, 6.07) is 7.40. The molecule has 0 saturated carbocycles. The minimum atomic E-state index is -0.731. The van der Waals surface area contributed by atoms with E-state index in [0.29, 0.717) is 12.1 Å². The summed E-state index contributed by atoms with van der Waals surface area (Å²) in [5.74, 6) is -0.143. The summed E-state index contributed by atoms with van der Waals surface area (Å²) in [5.41, 5.74) is 4.99. The molecule has 0 fully saturated rings. The molecule has 0 saturated heterocycles. The van der Waals surface area contributed by atoms with Gasteiger partial charge in [0.2, 0.25) is 11.8 Å². The summed E-state index contributed by atoms with van der Waals surface area (Å²) in [6.45, 7) is 5.44. The molecule has 0 radical (unpaired) electrons. The Bertz CT molecular complexity index is 588. The summed E-state index contributed by atoms with van der Waals surface area (Å²) in [4.78, 5) is 23.1. The number of rotatable bonds is 3. The van der Waals surface area contributed by atoms with Crippen LogP contribution in [0, 0.1) is 5.92 Å². The number of anilines is 1. The average molecular weight is 305 g/mol. The fourth-order valence-electron chi connectivity index (χ4n) is 2.01. The number of hydrazone groups is 1. The maximum absolute atomic E-state index is 11.9. The van der Waals surface area contributed by atoms with Gasteiger partial charge >= 0.3 is 0 Å². The normalized spacial score (nSPS) is 18.8. The molecule has 1 atom stereocenters. The number of hydrogen-bond acceptors (Lipinski definition) is 4. The van der Waals surface area contributed by atoms with Gasteiger partial charge in [-0.1, -0.05) is 19.1 Å². The van der Waals surface area contributed by atoms with E-state index in [4.69, 9.17) is 0 Å². The third-order valence-corrected chi connectivity index (χ3v) is 3.46. The molecule has 1 heterocycles. The summed E-state index contributed by atoms with van der Waals surface area (Å²) in [5, 5.41) is 6.91. The number of nitrogens with zero attached hydrogens (tertiary/aromatic N) is 1.